The van der Waals surface area contributed by atoms with Gasteiger partial charge in [0.05, 0.1) is 11.7 Å². The first-order valence-corrected chi connectivity index (χ1v) is 9.53. The molecule has 0 radical (unpaired) electrons. The number of aryl methyl sites for hydroxylation is 1. The van der Waals surface area contributed by atoms with Gasteiger partial charge in [-0.1, -0.05) is 31.9 Å². The highest BCUT2D eigenvalue weighted by Gasteiger charge is 2.24. The lowest BCUT2D eigenvalue weighted by Gasteiger charge is -2.11. The summed E-state index contributed by atoms with van der Waals surface area (Å²) in [6.45, 7) is 1.55. The lowest BCUT2D eigenvalue weighted by atomic mass is 10.2. The Morgan fingerprint density at radius 2 is 2.14 bits per heavy atom. The largest absolute Gasteiger partial charge is 0.482 e. The molecule has 1 aromatic carbocycles. The van der Waals surface area contributed by atoms with Crippen molar-refractivity contribution in [3.05, 3.63) is 40.3 Å². The van der Waals surface area contributed by atoms with E-state index in [9.17, 15) is 9.59 Å². The summed E-state index contributed by atoms with van der Waals surface area (Å²) in [6.07, 6.45) is 5.07. The van der Waals surface area contributed by atoms with Crippen LogP contribution in [0.1, 0.15) is 44.3 Å². The quantitative estimate of drug-likeness (QED) is 0.678. The van der Waals surface area contributed by atoms with Gasteiger partial charge < -0.3 is 14.8 Å². The van der Waals surface area contributed by atoms with E-state index in [4.69, 9.17) is 19.9 Å². The highest BCUT2D eigenvalue weighted by Crippen LogP contribution is 2.32. The fourth-order valence-corrected chi connectivity index (χ4v) is 3.78. The summed E-state index contributed by atoms with van der Waals surface area (Å²) < 4.78 is 7.16. The van der Waals surface area contributed by atoms with Crippen LogP contribution < -0.4 is 10.3 Å². The van der Waals surface area contributed by atoms with Crippen LogP contribution >= 0.6 is 0 Å². The molecule has 1 fully saturated rings. The summed E-state index contributed by atoms with van der Waals surface area (Å²) >= 11 is 0. The van der Waals surface area contributed by atoms with Gasteiger partial charge in [0.25, 0.3) is 5.56 Å². The van der Waals surface area contributed by atoms with Crippen LogP contribution in [0.4, 0.5) is 0 Å². The first-order valence-electron chi connectivity index (χ1n) is 9.53. The molecule has 4 rings (SSSR count). The maximum atomic E-state index is 12.8. The number of nitrogens with zero attached hydrogens (tertiary/aromatic N) is 3. The van der Waals surface area contributed by atoms with Crippen molar-refractivity contribution in [2.24, 2.45) is 0 Å². The summed E-state index contributed by atoms with van der Waals surface area (Å²) in [5.74, 6) is -0.229. The first kappa shape index (κ1) is 18.2. The van der Waals surface area contributed by atoms with Gasteiger partial charge in [-0.05, 0) is 31.4 Å². The van der Waals surface area contributed by atoms with E-state index in [0.29, 0.717) is 34.6 Å². The number of carboxylic acid groups (broad SMARTS) is 1. The maximum Gasteiger partial charge on any atom is 0.341 e. The summed E-state index contributed by atoms with van der Waals surface area (Å²) in [5.41, 5.74) is 1.82. The van der Waals surface area contributed by atoms with Gasteiger partial charge >= 0.3 is 5.97 Å². The Morgan fingerprint density at radius 3 is 2.86 bits per heavy atom. The summed E-state index contributed by atoms with van der Waals surface area (Å²) in [5, 5.41) is 14.0. The molecule has 8 heteroatoms. The van der Waals surface area contributed by atoms with Crippen molar-refractivity contribution in [2.75, 3.05) is 6.61 Å². The number of fused-ring (bicyclic) bond motifs is 1. The highest BCUT2D eigenvalue weighted by molar-refractivity contribution is 5.79. The molecular formula is C20H22N4O4. The van der Waals surface area contributed by atoms with E-state index in [1.54, 1.807) is 24.3 Å². The van der Waals surface area contributed by atoms with Crippen molar-refractivity contribution in [1.29, 1.82) is 0 Å². The van der Waals surface area contributed by atoms with Gasteiger partial charge in [0.15, 0.2) is 12.3 Å². The Kier molecular flexibility index (Phi) is 4.85. The third kappa shape index (κ3) is 3.37. The first-order chi connectivity index (χ1) is 13.6. The zero-order valence-electron chi connectivity index (χ0n) is 15.6. The minimum Gasteiger partial charge on any atom is -0.482 e. The fraction of sp³-hybridized carbons (Fsp3) is 0.400. The molecule has 0 atom stereocenters. The number of aliphatic carboxylic acids is 1. The average molecular weight is 382 g/mol. The zero-order chi connectivity index (χ0) is 19.7. The normalized spacial score (nSPS) is 14.6. The molecule has 0 aliphatic heterocycles. The Hall–Kier alpha value is -3.16. The molecular weight excluding hydrogens is 360 g/mol. The van der Waals surface area contributed by atoms with Crippen molar-refractivity contribution >= 4 is 17.0 Å². The van der Waals surface area contributed by atoms with Gasteiger partial charge in [-0.2, -0.15) is 5.10 Å². The molecule has 1 aliphatic carbocycles. The van der Waals surface area contributed by atoms with Crippen molar-refractivity contribution in [2.45, 2.75) is 45.1 Å². The van der Waals surface area contributed by atoms with Gasteiger partial charge in [0.1, 0.15) is 17.0 Å². The summed E-state index contributed by atoms with van der Waals surface area (Å²) in [7, 11) is 0. The van der Waals surface area contributed by atoms with Gasteiger partial charge in [-0.15, -0.1) is 0 Å². The lowest BCUT2D eigenvalue weighted by molar-refractivity contribution is -0.139. The molecule has 0 spiro atoms. The number of aromatic amines is 1. The molecule has 28 heavy (non-hydrogen) atoms. The van der Waals surface area contributed by atoms with E-state index >= 15 is 0 Å². The van der Waals surface area contributed by atoms with E-state index < -0.39 is 12.6 Å². The zero-order valence-corrected chi connectivity index (χ0v) is 15.6. The smallest absolute Gasteiger partial charge is 0.341 e. The molecule has 146 valence electrons. The van der Waals surface area contributed by atoms with Gasteiger partial charge in [-0.25, -0.2) is 14.5 Å². The number of rotatable bonds is 6. The Morgan fingerprint density at radius 1 is 1.36 bits per heavy atom. The number of benzene rings is 1. The molecule has 1 saturated carbocycles. The number of hydrogen-bond donors (Lipinski definition) is 2. The third-order valence-corrected chi connectivity index (χ3v) is 5.11. The standard InChI is InChI=1S/C20H22N4O4/c1-2-15-17-19(24(23-15)13-7-3-4-8-13)21-18(22-20(17)27)12-6-5-9-14(10-12)28-11-16(25)26/h5-6,9-10,13H,2-4,7-8,11H2,1H3,(H,25,26)(H,21,22,27). The van der Waals surface area contributed by atoms with E-state index in [1.807, 2.05) is 11.6 Å². The number of carbonyl (C=O) groups is 1. The Bertz CT molecular complexity index is 1080. The van der Waals surface area contributed by atoms with Gasteiger partial charge in [0.2, 0.25) is 0 Å². The summed E-state index contributed by atoms with van der Waals surface area (Å²) in [6, 6.07) is 7.15. The number of ether oxygens (including phenoxy) is 1. The van der Waals surface area contributed by atoms with Crippen LogP contribution in [0.3, 0.4) is 0 Å². The average Bonchev–Trinajstić information content (AvgIpc) is 3.34. The second kappa shape index (κ2) is 7.46. The Balaban J connectivity index is 1.80. The minimum atomic E-state index is -1.05. The molecule has 0 amide bonds. The predicted molar refractivity (Wildman–Crippen MR) is 104 cm³/mol. The second-order valence-electron chi connectivity index (χ2n) is 7.01. The predicted octanol–water partition coefficient (Wildman–Crippen LogP) is 2.93. The van der Waals surface area contributed by atoms with E-state index in [2.05, 4.69) is 4.98 Å². The van der Waals surface area contributed by atoms with Crippen LogP contribution in [0.2, 0.25) is 0 Å². The van der Waals surface area contributed by atoms with Crippen LogP contribution in [0.5, 0.6) is 5.75 Å². The van der Waals surface area contributed by atoms with Crippen molar-refractivity contribution in [1.82, 2.24) is 19.7 Å². The third-order valence-electron chi connectivity index (χ3n) is 5.11. The molecule has 2 N–H and O–H groups in total. The van der Waals surface area contributed by atoms with E-state index in [1.165, 1.54) is 0 Å². The SMILES string of the molecule is CCc1nn(C2CCCC2)c2nc(-c3cccc(OCC(=O)O)c3)[nH]c(=O)c12. The minimum absolute atomic E-state index is 0.210. The number of carboxylic acids is 1. The highest BCUT2D eigenvalue weighted by atomic mass is 16.5. The second-order valence-corrected chi connectivity index (χ2v) is 7.01. The summed E-state index contributed by atoms with van der Waals surface area (Å²) in [4.78, 5) is 31.1. The number of H-pyrrole nitrogens is 1. The number of nitrogens with one attached hydrogen (secondary N) is 1. The van der Waals surface area contributed by atoms with E-state index in [-0.39, 0.29) is 11.6 Å². The van der Waals surface area contributed by atoms with Gasteiger partial charge in [-0.3, -0.25) is 4.79 Å². The maximum absolute atomic E-state index is 12.8. The molecule has 8 nitrogen and oxygen atoms in total. The van der Waals surface area contributed by atoms with Crippen LogP contribution in [-0.2, 0) is 11.2 Å². The molecule has 0 saturated heterocycles. The van der Waals surface area contributed by atoms with E-state index in [0.717, 1.165) is 31.4 Å². The molecule has 0 bridgehead atoms. The molecule has 2 aromatic heterocycles. The fourth-order valence-electron chi connectivity index (χ4n) is 3.78. The van der Waals surface area contributed by atoms with Crippen molar-refractivity contribution in [3.63, 3.8) is 0 Å². The van der Waals surface area contributed by atoms with Crippen LogP contribution in [0, 0.1) is 0 Å². The molecule has 1 aliphatic rings. The van der Waals surface area contributed by atoms with Crippen molar-refractivity contribution in [3.8, 4) is 17.1 Å². The lowest BCUT2D eigenvalue weighted by Crippen LogP contribution is -2.13. The van der Waals surface area contributed by atoms with Crippen LogP contribution in [-0.4, -0.2) is 37.4 Å². The van der Waals surface area contributed by atoms with Crippen LogP contribution in [0.25, 0.3) is 22.4 Å². The monoisotopic (exact) mass is 382 g/mol. The molecule has 0 unspecified atom stereocenters. The van der Waals surface area contributed by atoms with Gasteiger partial charge in [0, 0.05) is 5.56 Å². The molecule has 3 aromatic rings. The number of hydrogen-bond acceptors (Lipinski definition) is 5. The molecule has 2 heterocycles. The van der Waals surface area contributed by atoms with Crippen LogP contribution in [0.15, 0.2) is 29.1 Å². The Labute approximate surface area is 161 Å². The topological polar surface area (TPSA) is 110 Å². The number of aromatic nitrogens is 4. The van der Waals surface area contributed by atoms with Crippen molar-refractivity contribution < 1.29 is 14.6 Å².